The lowest BCUT2D eigenvalue weighted by atomic mass is 9.96. The summed E-state index contributed by atoms with van der Waals surface area (Å²) >= 11 is 3.03. The minimum atomic E-state index is -1.12. The fraction of sp³-hybridized carbons (Fsp3) is 0.400. The third kappa shape index (κ3) is 4.51. The summed E-state index contributed by atoms with van der Waals surface area (Å²) in [4.78, 5) is 36.3. The van der Waals surface area contributed by atoms with Crippen LogP contribution in [-0.4, -0.2) is 47.4 Å². The van der Waals surface area contributed by atoms with E-state index in [9.17, 15) is 18.8 Å². The van der Waals surface area contributed by atoms with E-state index in [2.05, 4.69) is 21.2 Å². The third-order valence-electron chi connectivity index (χ3n) is 3.66. The van der Waals surface area contributed by atoms with Crippen molar-refractivity contribution in [1.29, 1.82) is 0 Å². The molecule has 8 heteroatoms. The number of hydrogen-bond donors (Lipinski definition) is 2. The molecule has 2 rings (SSSR count). The molecule has 1 unspecified atom stereocenters. The van der Waals surface area contributed by atoms with Crippen LogP contribution in [0.25, 0.3) is 0 Å². The molecule has 1 aliphatic heterocycles. The number of rotatable bonds is 4. The van der Waals surface area contributed by atoms with Gasteiger partial charge in [0.2, 0.25) is 5.91 Å². The molecule has 1 aliphatic rings. The zero-order valence-corrected chi connectivity index (χ0v) is 13.8. The van der Waals surface area contributed by atoms with Gasteiger partial charge in [-0.15, -0.1) is 0 Å². The Morgan fingerprint density at radius 2 is 2.13 bits per heavy atom. The van der Waals surface area contributed by atoms with Crippen molar-refractivity contribution in [3.63, 3.8) is 0 Å². The zero-order valence-electron chi connectivity index (χ0n) is 12.2. The van der Waals surface area contributed by atoms with Crippen LogP contribution in [0, 0.1) is 11.7 Å². The maximum absolute atomic E-state index is 13.6. The number of amides is 2. The van der Waals surface area contributed by atoms with Gasteiger partial charge in [-0.1, -0.05) is 0 Å². The monoisotopic (exact) mass is 386 g/mol. The number of piperidine rings is 1. The molecular weight excluding hydrogens is 371 g/mol. The summed E-state index contributed by atoms with van der Waals surface area (Å²) < 4.78 is 13.8. The second kappa shape index (κ2) is 7.54. The first-order valence-electron chi connectivity index (χ1n) is 7.12. The van der Waals surface area contributed by atoms with Crippen molar-refractivity contribution in [3.8, 4) is 0 Å². The Kier molecular flexibility index (Phi) is 5.70. The van der Waals surface area contributed by atoms with Gasteiger partial charge in [-0.2, -0.15) is 0 Å². The Bertz CT molecular complexity index is 638. The average molecular weight is 387 g/mol. The molecule has 0 spiro atoms. The summed E-state index contributed by atoms with van der Waals surface area (Å²) in [5.74, 6) is -2.82. The Hall–Kier alpha value is -1.96. The Balaban J connectivity index is 2.02. The molecule has 0 radical (unpaired) electrons. The lowest BCUT2D eigenvalue weighted by molar-refractivity contribution is -0.138. The highest BCUT2D eigenvalue weighted by atomic mass is 79.9. The number of nitrogens with one attached hydrogen (secondary N) is 1. The molecule has 124 valence electrons. The largest absolute Gasteiger partial charge is 0.480 e. The van der Waals surface area contributed by atoms with E-state index < -0.39 is 24.2 Å². The van der Waals surface area contributed by atoms with Crippen LogP contribution in [0.15, 0.2) is 22.7 Å². The second-order valence-electron chi connectivity index (χ2n) is 5.33. The fourth-order valence-electron chi connectivity index (χ4n) is 2.49. The van der Waals surface area contributed by atoms with Crippen LogP contribution in [0.4, 0.5) is 4.39 Å². The normalized spacial score (nSPS) is 17.7. The highest BCUT2D eigenvalue weighted by molar-refractivity contribution is 9.10. The number of aliphatic carboxylic acids is 1. The minimum Gasteiger partial charge on any atom is -0.480 e. The maximum atomic E-state index is 13.6. The van der Waals surface area contributed by atoms with Gasteiger partial charge in [0.25, 0.3) is 5.91 Å². The predicted molar refractivity (Wildman–Crippen MR) is 83.4 cm³/mol. The number of carbonyl (C=O) groups is 3. The van der Waals surface area contributed by atoms with Crippen LogP contribution < -0.4 is 5.32 Å². The van der Waals surface area contributed by atoms with Crippen LogP contribution in [0.3, 0.4) is 0 Å². The van der Waals surface area contributed by atoms with Gasteiger partial charge >= 0.3 is 5.97 Å². The summed E-state index contributed by atoms with van der Waals surface area (Å²) in [7, 11) is 0. The molecule has 6 nitrogen and oxygen atoms in total. The van der Waals surface area contributed by atoms with E-state index in [-0.39, 0.29) is 28.4 Å². The van der Waals surface area contributed by atoms with E-state index >= 15 is 0 Å². The van der Waals surface area contributed by atoms with Crippen molar-refractivity contribution in [2.75, 3.05) is 19.6 Å². The van der Waals surface area contributed by atoms with Gasteiger partial charge in [-0.3, -0.25) is 14.4 Å². The van der Waals surface area contributed by atoms with Gasteiger partial charge in [0.05, 0.1) is 10.4 Å². The molecule has 0 aliphatic carbocycles. The molecule has 1 atom stereocenters. The van der Waals surface area contributed by atoms with Gasteiger partial charge in [-0.05, 0) is 47.0 Å². The number of carboxylic acid groups (broad SMARTS) is 1. The number of likely N-dealkylation sites (tertiary alicyclic amines) is 1. The minimum absolute atomic E-state index is 0.196. The molecular formula is C15H16BrFN2O4. The molecule has 2 amide bonds. The molecule has 1 saturated heterocycles. The molecule has 1 heterocycles. The van der Waals surface area contributed by atoms with Gasteiger partial charge < -0.3 is 15.3 Å². The Morgan fingerprint density at radius 3 is 2.78 bits per heavy atom. The number of carboxylic acids is 1. The molecule has 0 bridgehead atoms. The summed E-state index contributed by atoms with van der Waals surface area (Å²) in [5, 5.41) is 10.9. The number of nitrogens with zero attached hydrogens (tertiary/aromatic N) is 1. The van der Waals surface area contributed by atoms with Gasteiger partial charge in [0, 0.05) is 18.7 Å². The third-order valence-corrected chi connectivity index (χ3v) is 4.30. The van der Waals surface area contributed by atoms with E-state index in [4.69, 9.17) is 5.11 Å². The van der Waals surface area contributed by atoms with Crippen molar-refractivity contribution in [1.82, 2.24) is 10.2 Å². The quantitative estimate of drug-likeness (QED) is 0.823. The molecule has 1 fully saturated rings. The zero-order chi connectivity index (χ0) is 17.0. The Morgan fingerprint density at radius 1 is 1.39 bits per heavy atom. The van der Waals surface area contributed by atoms with Crippen molar-refractivity contribution in [2.45, 2.75) is 12.8 Å². The smallest absolute Gasteiger partial charge is 0.322 e. The number of halogens is 2. The summed E-state index contributed by atoms with van der Waals surface area (Å²) in [6.07, 6.45) is 1.22. The summed E-state index contributed by atoms with van der Waals surface area (Å²) in [6.45, 7) is 0.238. The number of hydrogen-bond acceptors (Lipinski definition) is 3. The molecule has 2 N–H and O–H groups in total. The van der Waals surface area contributed by atoms with Crippen molar-refractivity contribution < 1.29 is 23.9 Å². The molecule has 1 aromatic rings. The van der Waals surface area contributed by atoms with Crippen molar-refractivity contribution >= 4 is 33.7 Å². The van der Waals surface area contributed by atoms with Crippen LogP contribution in [-0.2, 0) is 9.59 Å². The molecule has 1 aromatic carbocycles. The van der Waals surface area contributed by atoms with Crippen LogP contribution in [0.5, 0.6) is 0 Å². The molecule has 0 saturated carbocycles. The SMILES string of the molecule is O=C(O)CNC(=O)C1CCCN(C(=O)c2ccc(Br)c(F)c2)C1. The van der Waals surface area contributed by atoms with Gasteiger partial charge in [0.15, 0.2) is 0 Å². The van der Waals surface area contributed by atoms with E-state index in [0.717, 1.165) is 6.07 Å². The topological polar surface area (TPSA) is 86.7 Å². The second-order valence-corrected chi connectivity index (χ2v) is 6.19. The summed E-state index contributed by atoms with van der Waals surface area (Å²) in [6, 6.07) is 4.13. The van der Waals surface area contributed by atoms with Crippen molar-refractivity contribution in [2.24, 2.45) is 5.92 Å². The van der Waals surface area contributed by atoms with Gasteiger partial charge in [-0.25, -0.2) is 4.39 Å². The molecule has 0 aromatic heterocycles. The molecule has 23 heavy (non-hydrogen) atoms. The average Bonchev–Trinajstić information content (AvgIpc) is 2.54. The first-order chi connectivity index (χ1) is 10.9. The number of carbonyl (C=O) groups excluding carboxylic acids is 2. The number of benzene rings is 1. The van der Waals surface area contributed by atoms with Crippen molar-refractivity contribution in [3.05, 3.63) is 34.1 Å². The highest BCUT2D eigenvalue weighted by Gasteiger charge is 2.29. The lowest BCUT2D eigenvalue weighted by Gasteiger charge is -2.32. The standard InChI is InChI=1S/C15H16BrFN2O4/c16-11-4-3-9(6-12(11)17)15(23)19-5-1-2-10(8-19)14(22)18-7-13(20)21/h3-4,6,10H,1-2,5,7-8H2,(H,18,22)(H,20,21). The van der Waals surface area contributed by atoms with E-state index in [0.29, 0.717) is 19.4 Å². The van der Waals surface area contributed by atoms with E-state index in [1.54, 1.807) is 0 Å². The van der Waals surface area contributed by atoms with Crippen LogP contribution >= 0.6 is 15.9 Å². The lowest BCUT2D eigenvalue weighted by Crippen LogP contribution is -2.46. The van der Waals surface area contributed by atoms with E-state index in [1.165, 1.54) is 17.0 Å². The first-order valence-corrected chi connectivity index (χ1v) is 7.91. The fourth-order valence-corrected chi connectivity index (χ4v) is 2.74. The summed E-state index contributed by atoms with van der Waals surface area (Å²) in [5.41, 5.74) is 0.220. The van der Waals surface area contributed by atoms with E-state index in [1.807, 2.05) is 0 Å². The predicted octanol–water partition coefficient (Wildman–Crippen LogP) is 1.64. The highest BCUT2D eigenvalue weighted by Crippen LogP contribution is 2.21. The van der Waals surface area contributed by atoms with Crippen LogP contribution in [0.2, 0.25) is 0 Å². The van der Waals surface area contributed by atoms with Gasteiger partial charge in [0.1, 0.15) is 12.4 Å². The Labute approximate surface area is 140 Å². The maximum Gasteiger partial charge on any atom is 0.322 e. The van der Waals surface area contributed by atoms with Crippen LogP contribution in [0.1, 0.15) is 23.2 Å². The first kappa shape index (κ1) is 17.4.